The zero-order valence-electron chi connectivity index (χ0n) is 13.9. The van der Waals surface area contributed by atoms with Crippen LogP contribution in [-0.2, 0) is 11.2 Å². The van der Waals surface area contributed by atoms with Crippen LogP contribution in [0, 0.1) is 6.92 Å². The van der Waals surface area contributed by atoms with Gasteiger partial charge in [-0.05, 0) is 45.6 Å². The third kappa shape index (κ3) is 5.88. The number of carbonyl (C=O) groups excluding carboxylic acids is 1. The van der Waals surface area contributed by atoms with Gasteiger partial charge in [0, 0.05) is 25.0 Å². The summed E-state index contributed by atoms with van der Waals surface area (Å²) in [6.45, 7) is 9.02. The summed E-state index contributed by atoms with van der Waals surface area (Å²) in [5, 5.41) is 0. The van der Waals surface area contributed by atoms with Crippen molar-refractivity contribution in [3.63, 3.8) is 0 Å². The molecule has 1 aromatic rings. The average Bonchev–Trinajstić information content (AvgIpc) is 2.46. The van der Waals surface area contributed by atoms with Crippen molar-refractivity contribution in [2.75, 3.05) is 6.54 Å². The molecule has 0 saturated heterocycles. The minimum Gasteiger partial charge on any atom is -0.340 e. The molecule has 0 bridgehead atoms. The van der Waals surface area contributed by atoms with E-state index in [1.54, 1.807) is 0 Å². The highest BCUT2D eigenvalue weighted by molar-refractivity contribution is 5.76. The number of nitrogens with zero attached hydrogens (tertiary/aromatic N) is 1. The van der Waals surface area contributed by atoms with Gasteiger partial charge in [0.15, 0.2) is 0 Å². The van der Waals surface area contributed by atoms with E-state index in [9.17, 15) is 4.79 Å². The summed E-state index contributed by atoms with van der Waals surface area (Å²) in [5.41, 5.74) is 8.33. The van der Waals surface area contributed by atoms with Crippen LogP contribution in [0.15, 0.2) is 24.3 Å². The Morgan fingerprint density at radius 1 is 1.24 bits per heavy atom. The van der Waals surface area contributed by atoms with Crippen LogP contribution in [0.5, 0.6) is 0 Å². The van der Waals surface area contributed by atoms with Gasteiger partial charge in [0.05, 0.1) is 0 Å². The number of amides is 1. The van der Waals surface area contributed by atoms with Crippen molar-refractivity contribution in [3.05, 3.63) is 35.4 Å². The van der Waals surface area contributed by atoms with E-state index in [0.29, 0.717) is 6.42 Å². The first-order chi connectivity index (χ1) is 9.97. The molecule has 21 heavy (non-hydrogen) atoms. The van der Waals surface area contributed by atoms with Crippen LogP contribution in [0.3, 0.4) is 0 Å². The second-order valence-electron chi connectivity index (χ2n) is 5.95. The number of carbonyl (C=O) groups is 1. The zero-order valence-corrected chi connectivity index (χ0v) is 13.9. The van der Waals surface area contributed by atoms with E-state index < -0.39 is 0 Å². The SMILES string of the molecule is CCC(Cc1ccc(C)cc1)N(CC)C(=O)CCC(C)N. The molecule has 3 nitrogen and oxygen atoms in total. The zero-order chi connectivity index (χ0) is 15.8. The standard InChI is InChI=1S/C18H30N2O/c1-5-17(13-16-10-7-14(3)8-11-16)20(6-2)18(21)12-9-15(4)19/h7-8,10-11,15,17H,5-6,9,12-13,19H2,1-4H3. The first kappa shape index (κ1) is 17.7. The maximum atomic E-state index is 12.4. The molecule has 0 aliphatic carbocycles. The summed E-state index contributed by atoms with van der Waals surface area (Å²) in [5.74, 6) is 0.230. The molecule has 0 heterocycles. The van der Waals surface area contributed by atoms with E-state index in [1.807, 2.05) is 11.8 Å². The Bertz CT molecular complexity index is 425. The number of hydrogen-bond acceptors (Lipinski definition) is 2. The third-order valence-corrected chi connectivity index (χ3v) is 3.98. The van der Waals surface area contributed by atoms with E-state index in [4.69, 9.17) is 5.73 Å². The molecule has 0 aromatic heterocycles. The number of likely N-dealkylation sites (N-methyl/N-ethyl adjacent to an activating group) is 1. The molecular formula is C18H30N2O. The smallest absolute Gasteiger partial charge is 0.222 e. The van der Waals surface area contributed by atoms with Gasteiger partial charge in [-0.3, -0.25) is 4.79 Å². The average molecular weight is 290 g/mol. The van der Waals surface area contributed by atoms with Crippen LogP contribution in [-0.4, -0.2) is 29.4 Å². The molecule has 2 N–H and O–H groups in total. The van der Waals surface area contributed by atoms with Crippen LogP contribution in [0.25, 0.3) is 0 Å². The first-order valence-electron chi connectivity index (χ1n) is 8.08. The number of nitrogens with two attached hydrogens (primary N) is 1. The lowest BCUT2D eigenvalue weighted by Gasteiger charge is -2.31. The van der Waals surface area contributed by atoms with Crippen LogP contribution >= 0.6 is 0 Å². The summed E-state index contributed by atoms with van der Waals surface area (Å²) in [6.07, 6.45) is 3.21. The van der Waals surface area contributed by atoms with Gasteiger partial charge < -0.3 is 10.6 Å². The maximum absolute atomic E-state index is 12.4. The van der Waals surface area contributed by atoms with Crippen LogP contribution in [0.4, 0.5) is 0 Å². The predicted octanol–water partition coefficient (Wildman–Crippen LogP) is 3.29. The van der Waals surface area contributed by atoms with Gasteiger partial charge in [-0.25, -0.2) is 0 Å². The number of rotatable bonds is 8. The minimum absolute atomic E-state index is 0.0878. The van der Waals surface area contributed by atoms with E-state index in [0.717, 1.165) is 25.8 Å². The van der Waals surface area contributed by atoms with Crippen LogP contribution in [0.2, 0.25) is 0 Å². The van der Waals surface area contributed by atoms with Crippen molar-refractivity contribution in [2.24, 2.45) is 5.73 Å². The Kier molecular flexibility index (Phi) is 7.44. The molecule has 0 aliphatic rings. The monoisotopic (exact) mass is 290 g/mol. The summed E-state index contributed by atoms with van der Waals surface area (Å²) in [7, 11) is 0. The lowest BCUT2D eigenvalue weighted by atomic mass is 10.0. The van der Waals surface area contributed by atoms with Gasteiger partial charge in [0.1, 0.15) is 0 Å². The highest BCUT2D eigenvalue weighted by atomic mass is 16.2. The van der Waals surface area contributed by atoms with Crippen molar-refractivity contribution in [2.45, 2.75) is 65.5 Å². The quantitative estimate of drug-likeness (QED) is 0.798. The molecule has 1 amide bonds. The minimum atomic E-state index is 0.0878. The third-order valence-electron chi connectivity index (χ3n) is 3.98. The largest absolute Gasteiger partial charge is 0.340 e. The summed E-state index contributed by atoms with van der Waals surface area (Å²) in [6, 6.07) is 8.96. The van der Waals surface area contributed by atoms with Crippen molar-refractivity contribution in [1.82, 2.24) is 4.90 Å². The predicted molar refractivity (Wildman–Crippen MR) is 89.2 cm³/mol. The van der Waals surface area contributed by atoms with Gasteiger partial charge in [-0.1, -0.05) is 36.8 Å². The van der Waals surface area contributed by atoms with Gasteiger partial charge >= 0.3 is 0 Å². The highest BCUT2D eigenvalue weighted by Crippen LogP contribution is 2.15. The Balaban J connectivity index is 2.70. The lowest BCUT2D eigenvalue weighted by molar-refractivity contribution is -0.133. The first-order valence-corrected chi connectivity index (χ1v) is 8.08. The van der Waals surface area contributed by atoms with Gasteiger partial charge in [-0.2, -0.15) is 0 Å². The molecule has 0 aliphatic heterocycles. The fraction of sp³-hybridized carbons (Fsp3) is 0.611. The molecule has 0 radical (unpaired) electrons. The van der Waals surface area contributed by atoms with Crippen LogP contribution < -0.4 is 5.73 Å². The van der Waals surface area contributed by atoms with E-state index in [1.165, 1.54) is 11.1 Å². The fourth-order valence-corrected chi connectivity index (χ4v) is 2.60. The van der Waals surface area contributed by atoms with Gasteiger partial charge in [-0.15, -0.1) is 0 Å². The van der Waals surface area contributed by atoms with Crippen molar-refractivity contribution in [1.29, 1.82) is 0 Å². The summed E-state index contributed by atoms with van der Waals surface area (Å²) < 4.78 is 0. The second-order valence-corrected chi connectivity index (χ2v) is 5.95. The van der Waals surface area contributed by atoms with E-state index >= 15 is 0 Å². The Labute approximate surface area is 129 Å². The number of aryl methyl sites for hydroxylation is 1. The summed E-state index contributed by atoms with van der Waals surface area (Å²) >= 11 is 0. The molecule has 118 valence electrons. The lowest BCUT2D eigenvalue weighted by Crippen LogP contribution is -2.41. The second kappa shape index (κ2) is 8.83. The van der Waals surface area contributed by atoms with Gasteiger partial charge in [0.25, 0.3) is 0 Å². The topological polar surface area (TPSA) is 46.3 Å². The van der Waals surface area contributed by atoms with Crippen LogP contribution in [0.1, 0.15) is 51.2 Å². The Morgan fingerprint density at radius 3 is 2.33 bits per heavy atom. The van der Waals surface area contributed by atoms with E-state index in [2.05, 4.69) is 45.0 Å². The van der Waals surface area contributed by atoms with Crippen molar-refractivity contribution >= 4 is 5.91 Å². The Morgan fingerprint density at radius 2 is 1.86 bits per heavy atom. The molecule has 3 heteroatoms. The maximum Gasteiger partial charge on any atom is 0.222 e. The summed E-state index contributed by atoms with van der Waals surface area (Å²) in [4.78, 5) is 14.4. The molecule has 1 aromatic carbocycles. The molecule has 2 atom stereocenters. The molecular weight excluding hydrogens is 260 g/mol. The molecule has 0 fully saturated rings. The Hall–Kier alpha value is -1.35. The van der Waals surface area contributed by atoms with E-state index in [-0.39, 0.29) is 18.0 Å². The number of hydrogen-bond donors (Lipinski definition) is 1. The molecule has 1 rings (SSSR count). The van der Waals surface area contributed by atoms with Gasteiger partial charge in [0.2, 0.25) is 5.91 Å². The molecule has 2 unspecified atom stereocenters. The number of benzene rings is 1. The fourth-order valence-electron chi connectivity index (χ4n) is 2.60. The van der Waals surface area contributed by atoms with Crippen molar-refractivity contribution in [3.8, 4) is 0 Å². The normalized spacial score (nSPS) is 13.8. The molecule has 0 spiro atoms. The van der Waals surface area contributed by atoms with Crippen molar-refractivity contribution < 1.29 is 4.79 Å². The molecule has 0 saturated carbocycles. The highest BCUT2D eigenvalue weighted by Gasteiger charge is 2.21.